The maximum absolute atomic E-state index is 11.7. The van der Waals surface area contributed by atoms with Gasteiger partial charge in [-0.25, -0.2) is 9.97 Å². The summed E-state index contributed by atoms with van der Waals surface area (Å²) in [5, 5.41) is 8.13. The van der Waals surface area contributed by atoms with Gasteiger partial charge in [0.1, 0.15) is 15.7 Å². The molecule has 0 saturated heterocycles. The normalized spacial score (nSPS) is 10.9. The monoisotopic (exact) mass is 363 g/mol. The Morgan fingerprint density at radius 1 is 1.30 bits per heavy atom. The molecule has 0 saturated carbocycles. The van der Waals surface area contributed by atoms with Gasteiger partial charge in [-0.15, -0.1) is 22.7 Å². The number of fused-ring (bicyclic) bond motifs is 1. The predicted octanol–water partition coefficient (Wildman–Crippen LogP) is 3.48. The van der Waals surface area contributed by atoms with Crippen LogP contribution in [-0.4, -0.2) is 27.5 Å². The van der Waals surface area contributed by atoms with Crippen LogP contribution in [0, 0.1) is 6.92 Å². The summed E-state index contributed by atoms with van der Waals surface area (Å²) >= 11 is 4.56. The van der Waals surface area contributed by atoms with Crippen molar-refractivity contribution in [3.63, 3.8) is 0 Å². The van der Waals surface area contributed by atoms with Crippen molar-refractivity contribution in [3.05, 3.63) is 28.7 Å². The van der Waals surface area contributed by atoms with E-state index in [0.29, 0.717) is 5.82 Å². The molecule has 0 fully saturated rings. The zero-order valence-corrected chi connectivity index (χ0v) is 14.9. The van der Waals surface area contributed by atoms with Gasteiger partial charge < -0.3 is 0 Å². The Hall–Kier alpha value is -1.77. The van der Waals surface area contributed by atoms with Crippen LogP contribution in [0.5, 0.6) is 0 Å². The molecular weight excluding hydrogens is 350 g/mol. The van der Waals surface area contributed by atoms with Crippen molar-refractivity contribution < 1.29 is 9.59 Å². The van der Waals surface area contributed by atoms with Crippen molar-refractivity contribution in [1.29, 1.82) is 0 Å². The molecule has 3 aromatic rings. The molecule has 0 aromatic carbocycles. The highest BCUT2D eigenvalue weighted by Crippen LogP contribution is 2.39. The van der Waals surface area contributed by atoms with Gasteiger partial charge in [0.25, 0.3) is 0 Å². The van der Waals surface area contributed by atoms with E-state index in [-0.39, 0.29) is 17.6 Å². The molecule has 23 heavy (non-hydrogen) atoms. The highest BCUT2D eigenvalue weighted by molar-refractivity contribution is 8.00. The molecule has 3 aromatic heterocycles. The molecule has 8 heteroatoms. The smallest absolute Gasteiger partial charge is 0.236 e. The first-order chi connectivity index (χ1) is 11.0. The van der Waals surface area contributed by atoms with Crippen molar-refractivity contribution >= 4 is 56.5 Å². The number of hydrogen-bond donors (Lipinski definition) is 1. The van der Waals surface area contributed by atoms with Gasteiger partial charge in [0, 0.05) is 22.7 Å². The summed E-state index contributed by atoms with van der Waals surface area (Å²) in [6.07, 6.45) is 0. The van der Waals surface area contributed by atoms with Crippen molar-refractivity contribution in [2.75, 3.05) is 5.75 Å². The molecule has 3 rings (SSSR count). The van der Waals surface area contributed by atoms with Gasteiger partial charge in [0.2, 0.25) is 11.8 Å². The second-order valence-electron chi connectivity index (χ2n) is 4.78. The zero-order valence-electron chi connectivity index (χ0n) is 12.5. The summed E-state index contributed by atoms with van der Waals surface area (Å²) in [4.78, 5) is 33.7. The molecule has 0 aliphatic carbocycles. The highest BCUT2D eigenvalue weighted by atomic mass is 32.2. The van der Waals surface area contributed by atoms with Crippen molar-refractivity contribution in [2.24, 2.45) is 0 Å². The van der Waals surface area contributed by atoms with Gasteiger partial charge >= 0.3 is 0 Å². The number of carbonyl (C=O) groups is 2. The first-order valence-corrected chi connectivity index (χ1v) is 9.52. The number of aryl methyl sites for hydroxylation is 1. The minimum Gasteiger partial charge on any atom is -0.296 e. The number of amides is 2. The summed E-state index contributed by atoms with van der Waals surface area (Å²) in [7, 11) is 0. The first kappa shape index (κ1) is 16.1. The number of imide groups is 1. The van der Waals surface area contributed by atoms with Gasteiger partial charge in [-0.2, -0.15) is 0 Å². The van der Waals surface area contributed by atoms with E-state index in [0.717, 1.165) is 25.7 Å². The Kier molecular flexibility index (Phi) is 4.74. The molecule has 0 aliphatic rings. The number of thioether (sulfide) groups is 1. The standard InChI is InChI=1S/C15H13N3O2S3/c1-8-16-14-13(10(6-22-14)11-4-3-5-21-11)15(17-8)23-7-12(20)18-9(2)19/h3-6H,7H2,1-2H3,(H,18,19,20). The van der Waals surface area contributed by atoms with E-state index in [1.54, 1.807) is 22.7 Å². The van der Waals surface area contributed by atoms with E-state index < -0.39 is 0 Å². The van der Waals surface area contributed by atoms with Crippen LogP contribution in [0.15, 0.2) is 27.9 Å². The minimum atomic E-state index is -0.352. The van der Waals surface area contributed by atoms with Crippen molar-refractivity contribution in [3.8, 4) is 10.4 Å². The molecule has 0 unspecified atom stereocenters. The lowest BCUT2D eigenvalue weighted by molar-refractivity contribution is -0.127. The molecule has 118 valence electrons. The van der Waals surface area contributed by atoms with Gasteiger partial charge in [-0.1, -0.05) is 17.8 Å². The first-order valence-electron chi connectivity index (χ1n) is 6.77. The zero-order chi connectivity index (χ0) is 16.4. The lowest BCUT2D eigenvalue weighted by atomic mass is 10.2. The molecular formula is C15H13N3O2S3. The molecule has 0 radical (unpaired) electrons. The fraction of sp³-hybridized carbons (Fsp3) is 0.200. The Morgan fingerprint density at radius 2 is 2.13 bits per heavy atom. The molecule has 0 bridgehead atoms. The van der Waals surface area contributed by atoms with Gasteiger partial charge in [0.15, 0.2) is 0 Å². The maximum atomic E-state index is 11.7. The van der Waals surface area contributed by atoms with E-state index in [4.69, 9.17) is 0 Å². The van der Waals surface area contributed by atoms with Crippen LogP contribution in [-0.2, 0) is 9.59 Å². The molecule has 5 nitrogen and oxygen atoms in total. The summed E-state index contributed by atoms with van der Waals surface area (Å²) in [6, 6.07) is 4.06. The lowest BCUT2D eigenvalue weighted by Crippen LogP contribution is -2.29. The number of carbonyl (C=O) groups excluding carboxylic acids is 2. The number of rotatable bonds is 4. The SMILES string of the molecule is CC(=O)NC(=O)CSc1nc(C)nc2scc(-c3cccs3)c12. The summed E-state index contributed by atoms with van der Waals surface area (Å²) in [5.41, 5.74) is 1.09. The third kappa shape index (κ3) is 3.60. The lowest BCUT2D eigenvalue weighted by Gasteiger charge is -2.05. The van der Waals surface area contributed by atoms with Crippen LogP contribution in [0.4, 0.5) is 0 Å². The van der Waals surface area contributed by atoms with Gasteiger partial charge in [0.05, 0.1) is 11.1 Å². The molecule has 1 N–H and O–H groups in total. The van der Waals surface area contributed by atoms with E-state index >= 15 is 0 Å². The number of nitrogens with zero attached hydrogens (tertiary/aromatic N) is 2. The van der Waals surface area contributed by atoms with Gasteiger partial charge in [-0.3, -0.25) is 14.9 Å². The molecule has 0 atom stereocenters. The fourth-order valence-corrected chi connectivity index (χ4v) is 4.85. The van der Waals surface area contributed by atoms with Crippen molar-refractivity contribution in [2.45, 2.75) is 18.9 Å². The quantitative estimate of drug-likeness (QED) is 0.567. The van der Waals surface area contributed by atoms with Crippen LogP contribution in [0.3, 0.4) is 0 Å². The number of aromatic nitrogens is 2. The van der Waals surface area contributed by atoms with Crippen LogP contribution in [0.1, 0.15) is 12.7 Å². The van der Waals surface area contributed by atoms with E-state index in [2.05, 4.69) is 26.7 Å². The number of hydrogen-bond acceptors (Lipinski definition) is 7. The maximum Gasteiger partial charge on any atom is 0.236 e. The third-order valence-corrected chi connectivity index (χ3v) is 5.70. The summed E-state index contributed by atoms with van der Waals surface area (Å²) in [5.74, 6) is 0.144. The van der Waals surface area contributed by atoms with Crippen LogP contribution in [0.25, 0.3) is 20.7 Å². The minimum absolute atomic E-state index is 0.144. The second kappa shape index (κ2) is 6.77. The average molecular weight is 363 g/mol. The van der Waals surface area contributed by atoms with E-state index in [9.17, 15) is 9.59 Å². The van der Waals surface area contributed by atoms with Crippen LogP contribution < -0.4 is 5.32 Å². The largest absolute Gasteiger partial charge is 0.296 e. The van der Waals surface area contributed by atoms with E-state index in [1.165, 1.54) is 18.7 Å². The van der Waals surface area contributed by atoms with E-state index in [1.807, 2.05) is 18.4 Å². The molecule has 2 amide bonds. The predicted molar refractivity (Wildman–Crippen MR) is 95.0 cm³/mol. The van der Waals surface area contributed by atoms with Crippen LogP contribution in [0.2, 0.25) is 0 Å². The summed E-state index contributed by atoms with van der Waals surface area (Å²) in [6.45, 7) is 3.16. The Labute approximate surface area is 145 Å². The molecule has 0 spiro atoms. The molecule has 0 aliphatic heterocycles. The van der Waals surface area contributed by atoms with Crippen LogP contribution >= 0.6 is 34.4 Å². The average Bonchev–Trinajstić information content (AvgIpc) is 3.12. The Bertz CT molecular complexity index is 872. The molecule has 3 heterocycles. The van der Waals surface area contributed by atoms with Crippen molar-refractivity contribution in [1.82, 2.24) is 15.3 Å². The second-order valence-corrected chi connectivity index (χ2v) is 7.55. The third-order valence-electron chi connectivity index (χ3n) is 2.95. The summed E-state index contributed by atoms with van der Waals surface area (Å²) < 4.78 is 0. The highest BCUT2D eigenvalue weighted by Gasteiger charge is 2.16. The number of thiophene rings is 2. The topological polar surface area (TPSA) is 72.0 Å². The number of nitrogens with one attached hydrogen (secondary N) is 1. The Balaban J connectivity index is 1.97. The Morgan fingerprint density at radius 3 is 2.83 bits per heavy atom. The van der Waals surface area contributed by atoms with Gasteiger partial charge in [-0.05, 0) is 18.4 Å². The fourth-order valence-electron chi connectivity index (χ4n) is 2.10.